The summed E-state index contributed by atoms with van der Waals surface area (Å²) in [5.41, 5.74) is 4.16. The number of Topliss-reactive ketones (excluding diaryl/α,β-unsaturated/α-hetero) is 1. The summed E-state index contributed by atoms with van der Waals surface area (Å²) >= 11 is 1.44. The Labute approximate surface area is 176 Å². The molecule has 0 atom stereocenters. The SMILES string of the molecule is COc1ccc(CCn2c(C)cc(C(=O)CSc3nncn3C(C)C)c2C)cc1. The van der Waals surface area contributed by atoms with Gasteiger partial charge in [-0.1, -0.05) is 23.9 Å². The first-order chi connectivity index (χ1) is 13.9. The lowest BCUT2D eigenvalue weighted by atomic mass is 10.1. The molecule has 6 nitrogen and oxygen atoms in total. The molecule has 0 unspecified atom stereocenters. The molecule has 0 radical (unpaired) electrons. The van der Waals surface area contributed by atoms with Crippen molar-refractivity contribution >= 4 is 17.5 Å². The zero-order valence-electron chi connectivity index (χ0n) is 17.7. The highest BCUT2D eigenvalue weighted by molar-refractivity contribution is 7.99. The maximum atomic E-state index is 12.8. The molecule has 0 spiro atoms. The van der Waals surface area contributed by atoms with E-state index in [0.717, 1.165) is 40.8 Å². The van der Waals surface area contributed by atoms with E-state index < -0.39 is 0 Å². The molecule has 0 bridgehead atoms. The summed E-state index contributed by atoms with van der Waals surface area (Å²) in [6, 6.07) is 10.4. The molecule has 0 aliphatic rings. The maximum absolute atomic E-state index is 12.8. The first kappa shape index (κ1) is 21.2. The van der Waals surface area contributed by atoms with Gasteiger partial charge in [-0.15, -0.1) is 10.2 Å². The molecule has 3 aromatic rings. The van der Waals surface area contributed by atoms with Crippen molar-refractivity contribution in [2.24, 2.45) is 0 Å². The van der Waals surface area contributed by atoms with Crippen molar-refractivity contribution in [3.8, 4) is 5.75 Å². The number of aryl methyl sites for hydroxylation is 2. The van der Waals surface area contributed by atoms with Gasteiger partial charge in [-0.3, -0.25) is 4.79 Å². The molecule has 2 heterocycles. The van der Waals surface area contributed by atoms with E-state index in [-0.39, 0.29) is 11.8 Å². The topological polar surface area (TPSA) is 61.9 Å². The molecule has 0 amide bonds. The van der Waals surface area contributed by atoms with Crippen LogP contribution in [-0.4, -0.2) is 38.0 Å². The zero-order chi connectivity index (χ0) is 21.0. The number of benzene rings is 1. The van der Waals surface area contributed by atoms with Crippen LogP contribution < -0.4 is 4.74 Å². The summed E-state index contributed by atoms with van der Waals surface area (Å²) in [4.78, 5) is 12.8. The van der Waals surface area contributed by atoms with Crippen LogP contribution in [0, 0.1) is 13.8 Å². The smallest absolute Gasteiger partial charge is 0.191 e. The summed E-state index contributed by atoms with van der Waals surface area (Å²) in [5.74, 6) is 1.34. The van der Waals surface area contributed by atoms with E-state index in [2.05, 4.69) is 47.7 Å². The molecule has 1 aromatic carbocycles. The third-order valence-corrected chi connectivity index (χ3v) is 6.04. The van der Waals surface area contributed by atoms with Crippen molar-refractivity contribution in [1.82, 2.24) is 19.3 Å². The minimum absolute atomic E-state index is 0.122. The molecule has 0 aliphatic heterocycles. The van der Waals surface area contributed by atoms with E-state index in [1.807, 2.05) is 29.7 Å². The van der Waals surface area contributed by atoms with E-state index in [4.69, 9.17) is 4.74 Å². The number of methoxy groups -OCH3 is 1. The zero-order valence-corrected chi connectivity index (χ0v) is 18.5. The Balaban J connectivity index is 1.66. The Morgan fingerprint density at radius 3 is 2.59 bits per heavy atom. The van der Waals surface area contributed by atoms with Gasteiger partial charge in [0.25, 0.3) is 0 Å². The van der Waals surface area contributed by atoms with Crippen LogP contribution in [0.4, 0.5) is 0 Å². The van der Waals surface area contributed by atoms with Crippen LogP contribution in [-0.2, 0) is 13.0 Å². The first-order valence-corrected chi connectivity index (χ1v) is 10.7. The average Bonchev–Trinajstić information content (AvgIpc) is 3.29. The highest BCUT2D eigenvalue weighted by atomic mass is 32.2. The quantitative estimate of drug-likeness (QED) is 0.382. The summed E-state index contributed by atoms with van der Waals surface area (Å²) in [7, 11) is 1.67. The number of carbonyl (C=O) groups is 1. The van der Waals surface area contributed by atoms with Gasteiger partial charge in [-0.2, -0.15) is 0 Å². The lowest BCUT2D eigenvalue weighted by molar-refractivity contribution is 0.102. The fourth-order valence-electron chi connectivity index (χ4n) is 3.36. The second-order valence-electron chi connectivity index (χ2n) is 7.36. The molecular weight excluding hydrogens is 384 g/mol. The van der Waals surface area contributed by atoms with Gasteiger partial charge in [0.1, 0.15) is 12.1 Å². The lowest BCUT2D eigenvalue weighted by Gasteiger charge is -2.11. The molecule has 0 N–H and O–H groups in total. The minimum atomic E-state index is 0.122. The van der Waals surface area contributed by atoms with E-state index in [9.17, 15) is 4.79 Å². The minimum Gasteiger partial charge on any atom is -0.497 e. The molecule has 0 saturated heterocycles. The molecular formula is C22H28N4O2S. The maximum Gasteiger partial charge on any atom is 0.191 e. The number of thioether (sulfide) groups is 1. The predicted octanol–water partition coefficient (Wildman–Crippen LogP) is 4.50. The third kappa shape index (κ3) is 4.90. The summed E-state index contributed by atoms with van der Waals surface area (Å²) in [6.45, 7) is 9.07. The van der Waals surface area contributed by atoms with Crippen molar-refractivity contribution in [3.63, 3.8) is 0 Å². The highest BCUT2D eigenvalue weighted by Gasteiger charge is 2.17. The number of ether oxygens (including phenoxy) is 1. The van der Waals surface area contributed by atoms with Gasteiger partial charge in [0.15, 0.2) is 10.9 Å². The molecule has 3 rings (SSSR count). The van der Waals surface area contributed by atoms with E-state index in [1.165, 1.54) is 17.3 Å². The lowest BCUT2D eigenvalue weighted by Crippen LogP contribution is -2.09. The van der Waals surface area contributed by atoms with Gasteiger partial charge in [-0.05, 0) is 57.9 Å². The average molecular weight is 413 g/mol. The second-order valence-corrected chi connectivity index (χ2v) is 8.30. The third-order valence-electron chi connectivity index (χ3n) is 5.09. The Bertz CT molecular complexity index is 973. The number of hydrogen-bond donors (Lipinski definition) is 0. The Morgan fingerprint density at radius 2 is 1.93 bits per heavy atom. The van der Waals surface area contributed by atoms with E-state index >= 15 is 0 Å². The molecule has 0 aliphatic carbocycles. The van der Waals surface area contributed by atoms with Crippen molar-refractivity contribution in [3.05, 3.63) is 59.2 Å². The van der Waals surface area contributed by atoms with Crippen LogP contribution in [0.1, 0.15) is 47.2 Å². The highest BCUT2D eigenvalue weighted by Crippen LogP contribution is 2.23. The number of hydrogen-bond acceptors (Lipinski definition) is 5. The molecule has 154 valence electrons. The van der Waals surface area contributed by atoms with Gasteiger partial charge >= 0.3 is 0 Å². The number of aromatic nitrogens is 4. The van der Waals surface area contributed by atoms with Crippen molar-refractivity contribution in [2.45, 2.75) is 51.9 Å². The Hall–Kier alpha value is -2.54. The monoisotopic (exact) mass is 412 g/mol. The Kier molecular flexibility index (Phi) is 6.79. The van der Waals surface area contributed by atoms with E-state index in [1.54, 1.807) is 13.4 Å². The van der Waals surface area contributed by atoms with Crippen molar-refractivity contribution in [2.75, 3.05) is 12.9 Å². The number of carbonyl (C=O) groups excluding carboxylic acids is 1. The van der Waals surface area contributed by atoms with Crippen molar-refractivity contribution in [1.29, 1.82) is 0 Å². The van der Waals surface area contributed by atoms with Gasteiger partial charge in [0.05, 0.1) is 12.9 Å². The van der Waals surface area contributed by atoms with Crippen LogP contribution in [0.5, 0.6) is 5.75 Å². The van der Waals surface area contributed by atoms with Crippen LogP contribution in [0.2, 0.25) is 0 Å². The van der Waals surface area contributed by atoms with Crippen LogP contribution in [0.15, 0.2) is 41.8 Å². The molecule has 7 heteroatoms. The normalized spacial score (nSPS) is 11.2. The molecule has 2 aromatic heterocycles. The van der Waals surface area contributed by atoms with Crippen LogP contribution in [0.25, 0.3) is 0 Å². The summed E-state index contributed by atoms with van der Waals surface area (Å²) in [5, 5.41) is 8.88. The number of rotatable bonds is 9. The number of ketones is 1. The van der Waals surface area contributed by atoms with Crippen LogP contribution in [0.3, 0.4) is 0 Å². The van der Waals surface area contributed by atoms with E-state index in [0.29, 0.717) is 5.75 Å². The van der Waals surface area contributed by atoms with Crippen LogP contribution >= 0.6 is 11.8 Å². The van der Waals surface area contributed by atoms with Crippen molar-refractivity contribution < 1.29 is 9.53 Å². The number of nitrogens with zero attached hydrogens (tertiary/aromatic N) is 4. The molecule has 0 fully saturated rings. The predicted molar refractivity (Wildman–Crippen MR) is 116 cm³/mol. The van der Waals surface area contributed by atoms with Gasteiger partial charge in [0.2, 0.25) is 0 Å². The fraction of sp³-hybridized carbons (Fsp3) is 0.409. The Morgan fingerprint density at radius 1 is 1.21 bits per heavy atom. The van der Waals surface area contributed by atoms with Gasteiger partial charge in [0, 0.05) is 29.5 Å². The second kappa shape index (κ2) is 9.31. The molecule has 0 saturated carbocycles. The fourth-order valence-corrected chi connectivity index (χ4v) is 4.29. The van der Waals surface area contributed by atoms with Gasteiger partial charge < -0.3 is 13.9 Å². The summed E-state index contributed by atoms with van der Waals surface area (Å²) in [6.07, 6.45) is 2.61. The largest absolute Gasteiger partial charge is 0.497 e. The van der Waals surface area contributed by atoms with Gasteiger partial charge in [-0.25, -0.2) is 0 Å². The standard InChI is InChI=1S/C22H28N4O2S/c1-15(2)26-14-23-24-22(26)29-13-21(27)20-12-16(3)25(17(20)4)11-10-18-6-8-19(28-5)9-7-18/h6-9,12,14-15H,10-11,13H2,1-5H3. The first-order valence-electron chi connectivity index (χ1n) is 9.76. The molecule has 29 heavy (non-hydrogen) atoms. The summed E-state index contributed by atoms with van der Waals surface area (Å²) < 4.78 is 9.42.